The number of hydrogen-bond acceptors (Lipinski definition) is 6. The van der Waals surface area contributed by atoms with Crippen molar-refractivity contribution in [1.29, 1.82) is 0 Å². The molecule has 2 fully saturated rings. The van der Waals surface area contributed by atoms with Gasteiger partial charge in [-0.25, -0.2) is 13.2 Å². The predicted octanol–water partition coefficient (Wildman–Crippen LogP) is 0.869. The third-order valence-electron chi connectivity index (χ3n) is 5.40. The van der Waals surface area contributed by atoms with Crippen LogP contribution in [0.3, 0.4) is 0 Å². The largest absolute Gasteiger partial charge is 0.490 e. The Kier molecular flexibility index (Phi) is 6.91. The van der Waals surface area contributed by atoms with Gasteiger partial charge in [0.2, 0.25) is 10.0 Å². The second-order valence-corrected chi connectivity index (χ2v) is 9.91. The van der Waals surface area contributed by atoms with Crippen LogP contribution in [0.4, 0.5) is 13.2 Å². The number of carbonyl (C=O) groups is 1. The smallest absolute Gasteiger partial charge is 0.475 e. The average Bonchev–Trinajstić information content (AvgIpc) is 3.17. The van der Waals surface area contributed by atoms with E-state index in [1.54, 1.807) is 23.0 Å². The van der Waals surface area contributed by atoms with Crippen LogP contribution in [0.25, 0.3) is 0 Å². The summed E-state index contributed by atoms with van der Waals surface area (Å²) in [4.78, 5) is 11.4. The standard InChI is InChI=1S/C15H26N4O3S.C2HF3O2/c1-11-14(12(2)18(5)16-11)23(20,21)19-6-13-7-22-10-15(13,9-19)8-17(3)4;3-2(4,5)1(6)7/h13H,6-10H2,1-5H3;(H,6,7)/t13-,15+;/m1./s1. The van der Waals surface area contributed by atoms with Gasteiger partial charge in [0.05, 0.1) is 24.6 Å². The van der Waals surface area contributed by atoms with Crippen LogP contribution in [0.1, 0.15) is 11.4 Å². The molecular formula is C17H27F3N4O5S. The second-order valence-electron chi connectivity index (χ2n) is 8.04. The first-order valence-electron chi connectivity index (χ1n) is 9.15. The van der Waals surface area contributed by atoms with Gasteiger partial charge in [0.25, 0.3) is 0 Å². The Labute approximate surface area is 173 Å². The summed E-state index contributed by atoms with van der Waals surface area (Å²) in [7, 11) is 2.31. The van der Waals surface area contributed by atoms with Gasteiger partial charge in [-0.2, -0.15) is 22.6 Å². The molecule has 0 saturated carbocycles. The third kappa shape index (κ3) is 4.79. The molecular weight excluding hydrogens is 429 g/mol. The number of hydrogen-bond donors (Lipinski definition) is 1. The molecule has 2 aliphatic rings. The maximum Gasteiger partial charge on any atom is 0.490 e. The number of halogens is 3. The maximum atomic E-state index is 13.2. The van der Waals surface area contributed by atoms with Crippen LogP contribution in [-0.2, 0) is 26.6 Å². The van der Waals surface area contributed by atoms with Crippen LogP contribution in [0, 0.1) is 25.2 Å². The molecule has 30 heavy (non-hydrogen) atoms. The zero-order valence-electron chi connectivity index (χ0n) is 17.5. The fraction of sp³-hybridized carbons (Fsp3) is 0.765. The fourth-order valence-electron chi connectivity index (χ4n) is 4.08. The molecule has 0 radical (unpaired) electrons. The minimum atomic E-state index is -5.08. The molecule has 0 aliphatic carbocycles. The number of sulfonamides is 1. The summed E-state index contributed by atoms with van der Waals surface area (Å²) in [5, 5.41) is 11.4. The zero-order chi connectivity index (χ0) is 23.1. The quantitative estimate of drug-likeness (QED) is 0.717. The minimum absolute atomic E-state index is 0.0966. The van der Waals surface area contributed by atoms with Gasteiger partial charge in [0, 0.05) is 38.0 Å². The highest BCUT2D eigenvalue weighted by Gasteiger charge is 2.54. The summed E-state index contributed by atoms with van der Waals surface area (Å²) in [6.45, 7) is 6.74. The lowest BCUT2D eigenvalue weighted by Crippen LogP contribution is -2.41. The summed E-state index contributed by atoms with van der Waals surface area (Å²) in [5.41, 5.74) is 1.16. The van der Waals surface area contributed by atoms with Gasteiger partial charge in [-0.05, 0) is 27.9 Å². The van der Waals surface area contributed by atoms with Gasteiger partial charge in [-0.3, -0.25) is 4.68 Å². The summed E-state index contributed by atoms with van der Waals surface area (Å²) in [5.74, 6) is -2.50. The number of carboxylic acid groups (broad SMARTS) is 1. The number of rotatable bonds is 4. The van der Waals surface area contributed by atoms with Crippen molar-refractivity contribution in [1.82, 2.24) is 19.0 Å². The molecule has 13 heteroatoms. The van der Waals surface area contributed by atoms with E-state index in [-0.39, 0.29) is 11.3 Å². The van der Waals surface area contributed by atoms with Crippen LogP contribution in [0.5, 0.6) is 0 Å². The molecule has 172 valence electrons. The number of ether oxygens (including phenoxy) is 1. The van der Waals surface area contributed by atoms with Gasteiger partial charge in [0.1, 0.15) is 4.90 Å². The van der Waals surface area contributed by atoms with Crippen LogP contribution in [0.2, 0.25) is 0 Å². The van der Waals surface area contributed by atoms with E-state index < -0.39 is 22.2 Å². The van der Waals surface area contributed by atoms with Gasteiger partial charge >= 0.3 is 12.1 Å². The number of aliphatic carboxylic acids is 1. The number of aryl methyl sites for hydroxylation is 2. The molecule has 0 bridgehead atoms. The van der Waals surface area contributed by atoms with Crippen LogP contribution in [-0.4, -0.2) is 91.6 Å². The molecule has 0 unspecified atom stereocenters. The van der Waals surface area contributed by atoms with Crippen molar-refractivity contribution >= 4 is 16.0 Å². The topological polar surface area (TPSA) is 105 Å². The fourth-order valence-corrected chi connectivity index (χ4v) is 6.06. The van der Waals surface area contributed by atoms with Gasteiger partial charge in [-0.15, -0.1) is 0 Å². The lowest BCUT2D eigenvalue weighted by molar-refractivity contribution is -0.192. The Morgan fingerprint density at radius 1 is 1.37 bits per heavy atom. The highest BCUT2D eigenvalue weighted by molar-refractivity contribution is 7.89. The first-order chi connectivity index (χ1) is 13.6. The molecule has 1 N–H and O–H groups in total. The van der Waals surface area contributed by atoms with E-state index in [1.807, 2.05) is 21.0 Å². The van der Waals surface area contributed by atoms with Crippen LogP contribution < -0.4 is 0 Å². The van der Waals surface area contributed by atoms with E-state index in [2.05, 4.69) is 10.00 Å². The second kappa shape index (κ2) is 8.44. The molecule has 0 spiro atoms. The number of nitrogens with zero attached hydrogens (tertiary/aromatic N) is 4. The molecule has 1 aromatic rings. The molecule has 1 aromatic heterocycles. The molecule has 3 heterocycles. The first-order valence-corrected chi connectivity index (χ1v) is 10.6. The highest BCUT2D eigenvalue weighted by Crippen LogP contribution is 2.44. The lowest BCUT2D eigenvalue weighted by atomic mass is 9.81. The third-order valence-corrected chi connectivity index (χ3v) is 7.47. The summed E-state index contributed by atoms with van der Waals surface area (Å²) in [6.07, 6.45) is -5.08. The summed E-state index contributed by atoms with van der Waals surface area (Å²) in [6, 6.07) is 0. The molecule has 0 amide bonds. The normalized spacial score (nSPS) is 24.6. The average molecular weight is 456 g/mol. The van der Waals surface area contributed by atoms with Crippen LogP contribution >= 0.6 is 0 Å². The molecule has 2 saturated heterocycles. The Hall–Kier alpha value is -1.70. The van der Waals surface area contributed by atoms with Gasteiger partial charge in [-0.1, -0.05) is 0 Å². The molecule has 9 nitrogen and oxygen atoms in total. The van der Waals surface area contributed by atoms with Crippen molar-refractivity contribution in [2.75, 3.05) is 46.9 Å². The predicted molar refractivity (Wildman–Crippen MR) is 100 cm³/mol. The highest BCUT2D eigenvalue weighted by atomic mass is 32.2. The van der Waals surface area contributed by atoms with Crippen molar-refractivity contribution in [2.45, 2.75) is 24.9 Å². The molecule has 3 rings (SSSR count). The van der Waals surface area contributed by atoms with E-state index in [0.29, 0.717) is 42.6 Å². The van der Waals surface area contributed by atoms with Crippen molar-refractivity contribution in [3.05, 3.63) is 11.4 Å². The van der Waals surface area contributed by atoms with E-state index in [1.165, 1.54) is 0 Å². The summed E-state index contributed by atoms with van der Waals surface area (Å²) < 4.78 is 67.0. The maximum absolute atomic E-state index is 13.2. The Balaban J connectivity index is 0.000000396. The molecule has 2 aliphatic heterocycles. The van der Waals surface area contributed by atoms with E-state index >= 15 is 0 Å². The Bertz CT molecular complexity index is 900. The van der Waals surface area contributed by atoms with Crippen molar-refractivity contribution < 1.29 is 36.2 Å². The number of alkyl halides is 3. The van der Waals surface area contributed by atoms with E-state index in [9.17, 15) is 21.6 Å². The van der Waals surface area contributed by atoms with Crippen molar-refractivity contribution in [3.63, 3.8) is 0 Å². The molecule has 2 atom stereocenters. The number of fused-ring (bicyclic) bond motifs is 1. The Morgan fingerprint density at radius 3 is 2.37 bits per heavy atom. The van der Waals surface area contributed by atoms with Crippen molar-refractivity contribution in [2.24, 2.45) is 18.4 Å². The van der Waals surface area contributed by atoms with E-state index in [0.717, 1.165) is 6.54 Å². The zero-order valence-corrected chi connectivity index (χ0v) is 18.3. The monoisotopic (exact) mass is 456 g/mol. The van der Waals surface area contributed by atoms with Gasteiger partial charge < -0.3 is 14.7 Å². The Morgan fingerprint density at radius 2 is 1.93 bits per heavy atom. The lowest BCUT2D eigenvalue weighted by Gasteiger charge is -2.30. The minimum Gasteiger partial charge on any atom is -0.475 e. The van der Waals surface area contributed by atoms with E-state index in [4.69, 9.17) is 14.6 Å². The van der Waals surface area contributed by atoms with Crippen molar-refractivity contribution in [3.8, 4) is 0 Å². The first kappa shape index (κ1) is 24.6. The summed E-state index contributed by atoms with van der Waals surface area (Å²) >= 11 is 0. The SMILES string of the molecule is Cc1nn(C)c(C)c1S(=O)(=O)N1C[C@@H]2COC[C@]2(CN(C)C)C1.O=C(O)C(F)(F)F. The number of aromatic nitrogens is 2. The molecule has 0 aromatic carbocycles. The van der Waals surface area contributed by atoms with Gasteiger partial charge in [0.15, 0.2) is 0 Å². The van der Waals surface area contributed by atoms with Crippen LogP contribution in [0.15, 0.2) is 4.90 Å². The number of carboxylic acids is 1.